The van der Waals surface area contributed by atoms with E-state index in [0.29, 0.717) is 27.6 Å². The van der Waals surface area contributed by atoms with Gasteiger partial charge >= 0.3 is 0 Å². The van der Waals surface area contributed by atoms with Crippen LogP contribution in [0.2, 0.25) is 5.02 Å². The quantitative estimate of drug-likeness (QED) is 0.419. The molecule has 2 N–H and O–H groups in total. The second kappa shape index (κ2) is 9.71. The summed E-state index contributed by atoms with van der Waals surface area (Å²) in [7, 11) is 0. The zero-order valence-electron chi connectivity index (χ0n) is 18.5. The van der Waals surface area contributed by atoms with Crippen molar-refractivity contribution in [1.29, 1.82) is 0 Å². The number of rotatable bonds is 6. The highest BCUT2D eigenvalue weighted by molar-refractivity contribution is 6.53. The largest absolute Gasteiger partial charge is 0.350 e. The minimum Gasteiger partial charge on any atom is -0.350 e. The Morgan fingerprint density at radius 1 is 0.912 bits per heavy atom. The molecule has 1 heterocycles. The van der Waals surface area contributed by atoms with Gasteiger partial charge in [-0.3, -0.25) is 14.4 Å². The van der Waals surface area contributed by atoms with Crippen LogP contribution in [0, 0.1) is 6.92 Å². The Hall–Kier alpha value is -3.61. The van der Waals surface area contributed by atoms with E-state index < -0.39 is 11.8 Å². The third-order valence-corrected chi connectivity index (χ3v) is 6.07. The topological polar surface area (TPSA) is 78.5 Å². The number of halogens is 2. The van der Waals surface area contributed by atoms with Crippen molar-refractivity contribution in [2.24, 2.45) is 0 Å². The van der Waals surface area contributed by atoms with Gasteiger partial charge in [0.25, 0.3) is 17.7 Å². The lowest BCUT2D eigenvalue weighted by molar-refractivity contribution is -0.120. The molecule has 0 atom stereocenters. The molecule has 3 aromatic carbocycles. The third-order valence-electron chi connectivity index (χ3n) is 5.48. The highest BCUT2D eigenvalue weighted by Crippen LogP contribution is 2.30. The number of carbonyl (C=O) groups excluding carboxylic acids is 3. The molecule has 0 bridgehead atoms. The van der Waals surface area contributed by atoms with Crippen LogP contribution in [0.3, 0.4) is 0 Å². The van der Waals surface area contributed by atoms with Gasteiger partial charge in [-0.25, -0.2) is 4.90 Å². The fourth-order valence-electron chi connectivity index (χ4n) is 3.54. The molecule has 1 aliphatic heterocycles. The minimum absolute atomic E-state index is 0.0137. The standard InChI is InChI=1S/C26H21Cl2N3O3/c1-3-16-4-11-20(12-5-16)31-25(33)22(28)23(26(31)34)29-19-9-6-17(7-10-19)24(32)30-21-13-8-18(27)14-15(21)2/h4-14,29H,3H2,1-2H3,(H,30,32). The fourth-order valence-corrected chi connectivity index (χ4v) is 3.98. The van der Waals surface area contributed by atoms with E-state index in [1.54, 1.807) is 54.6 Å². The van der Waals surface area contributed by atoms with Crippen molar-refractivity contribution in [3.05, 3.63) is 99.2 Å². The molecule has 4 rings (SSSR count). The summed E-state index contributed by atoms with van der Waals surface area (Å²) in [5, 5.41) is 6.16. The van der Waals surface area contributed by atoms with Crippen LogP contribution < -0.4 is 15.5 Å². The number of benzene rings is 3. The number of amides is 3. The summed E-state index contributed by atoms with van der Waals surface area (Å²) in [5.41, 5.74) is 3.97. The highest BCUT2D eigenvalue weighted by atomic mass is 35.5. The third kappa shape index (κ3) is 4.69. The van der Waals surface area contributed by atoms with Gasteiger partial charge < -0.3 is 10.6 Å². The minimum atomic E-state index is -0.590. The number of hydrogen-bond acceptors (Lipinski definition) is 4. The summed E-state index contributed by atoms with van der Waals surface area (Å²) in [6, 6.07) is 18.9. The molecule has 3 amide bonds. The Morgan fingerprint density at radius 2 is 1.59 bits per heavy atom. The van der Waals surface area contributed by atoms with E-state index in [4.69, 9.17) is 23.2 Å². The van der Waals surface area contributed by atoms with Crippen molar-refractivity contribution in [3.63, 3.8) is 0 Å². The Kier molecular flexibility index (Phi) is 6.72. The summed E-state index contributed by atoms with van der Waals surface area (Å²) in [4.78, 5) is 39.2. The second-order valence-corrected chi connectivity index (χ2v) is 8.58. The maximum Gasteiger partial charge on any atom is 0.283 e. The molecule has 0 spiro atoms. The molecule has 0 radical (unpaired) electrons. The first-order chi connectivity index (χ1) is 16.3. The van der Waals surface area contributed by atoms with Crippen molar-refractivity contribution in [2.75, 3.05) is 15.5 Å². The Bertz CT molecular complexity index is 1320. The molecule has 0 saturated carbocycles. The van der Waals surface area contributed by atoms with Crippen LogP contribution in [0.1, 0.15) is 28.4 Å². The lowest BCUT2D eigenvalue weighted by atomic mass is 10.1. The molecule has 172 valence electrons. The smallest absolute Gasteiger partial charge is 0.283 e. The Balaban J connectivity index is 1.47. The number of nitrogens with one attached hydrogen (secondary N) is 2. The van der Waals surface area contributed by atoms with Crippen LogP contribution >= 0.6 is 23.2 Å². The van der Waals surface area contributed by atoms with Crippen molar-refractivity contribution in [1.82, 2.24) is 0 Å². The number of carbonyl (C=O) groups is 3. The highest BCUT2D eigenvalue weighted by Gasteiger charge is 2.38. The second-order valence-electron chi connectivity index (χ2n) is 7.77. The molecule has 8 heteroatoms. The van der Waals surface area contributed by atoms with Crippen LogP contribution in [-0.4, -0.2) is 17.7 Å². The van der Waals surface area contributed by atoms with E-state index in [1.165, 1.54) is 0 Å². The van der Waals surface area contributed by atoms with Crippen molar-refractivity contribution in [2.45, 2.75) is 20.3 Å². The molecule has 0 aromatic heterocycles. The molecular formula is C26H21Cl2N3O3. The van der Waals surface area contributed by atoms with Gasteiger partial charge in [0.15, 0.2) is 0 Å². The molecular weight excluding hydrogens is 473 g/mol. The molecule has 0 saturated heterocycles. The average molecular weight is 494 g/mol. The summed E-state index contributed by atoms with van der Waals surface area (Å²) in [6.07, 6.45) is 0.849. The summed E-state index contributed by atoms with van der Waals surface area (Å²) < 4.78 is 0. The SMILES string of the molecule is CCc1ccc(N2C(=O)C(Cl)=C(Nc3ccc(C(=O)Nc4ccc(Cl)cc4C)cc3)C2=O)cc1. The molecule has 3 aromatic rings. The summed E-state index contributed by atoms with van der Waals surface area (Å²) >= 11 is 12.2. The van der Waals surface area contributed by atoms with E-state index in [0.717, 1.165) is 22.4 Å². The van der Waals surface area contributed by atoms with E-state index in [-0.39, 0.29) is 16.6 Å². The summed E-state index contributed by atoms with van der Waals surface area (Å²) in [5.74, 6) is -1.42. The van der Waals surface area contributed by atoms with E-state index >= 15 is 0 Å². The van der Waals surface area contributed by atoms with E-state index in [9.17, 15) is 14.4 Å². The first-order valence-corrected chi connectivity index (χ1v) is 11.4. The molecule has 1 aliphatic rings. The Labute approximate surface area is 207 Å². The van der Waals surface area contributed by atoms with Crippen molar-refractivity contribution in [3.8, 4) is 0 Å². The van der Waals surface area contributed by atoms with Crippen LogP contribution in [-0.2, 0) is 16.0 Å². The van der Waals surface area contributed by atoms with Gasteiger partial charge in [-0.2, -0.15) is 0 Å². The normalized spacial score (nSPS) is 13.5. The van der Waals surface area contributed by atoms with Gasteiger partial charge in [-0.15, -0.1) is 0 Å². The van der Waals surface area contributed by atoms with Crippen LogP contribution in [0.5, 0.6) is 0 Å². The molecule has 6 nitrogen and oxygen atoms in total. The number of aryl methyl sites for hydroxylation is 2. The maximum atomic E-state index is 12.9. The van der Waals surface area contributed by atoms with Crippen molar-refractivity contribution < 1.29 is 14.4 Å². The van der Waals surface area contributed by atoms with Gasteiger partial charge in [-0.1, -0.05) is 42.3 Å². The van der Waals surface area contributed by atoms with Crippen molar-refractivity contribution >= 4 is 58.0 Å². The molecule has 0 aliphatic carbocycles. The van der Waals surface area contributed by atoms with Crippen LogP contribution in [0.4, 0.5) is 17.1 Å². The lowest BCUT2D eigenvalue weighted by Crippen LogP contribution is -2.32. The zero-order valence-corrected chi connectivity index (χ0v) is 20.0. The van der Waals surface area contributed by atoms with Gasteiger partial charge in [0.2, 0.25) is 0 Å². The molecule has 34 heavy (non-hydrogen) atoms. The lowest BCUT2D eigenvalue weighted by Gasteiger charge is -2.15. The average Bonchev–Trinajstić information content (AvgIpc) is 3.04. The zero-order chi connectivity index (χ0) is 24.4. The Morgan fingerprint density at radius 3 is 2.21 bits per heavy atom. The number of anilines is 3. The van der Waals surface area contributed by atoms with E-state index in [2.05, 4.69) is 10.6 Å². The van der Waals surface area contributed by atoms with Crippen LogP contribution in [0.15, 0.2) is 77.5 Å². The van der Waals surface area contributed by atoms with E-state index in [1.807, 2.05) is 26.0 Å². The maximum absolute atomic E-state index is 12.9. The van der Waals surface area contributed by atoms with Crippen LogP contribution in [0.25, 0.3) is 0 Å². The predicted molar refractivity (Wildman–Crippen MR) is 135 cm³/mol. The molecule has 0 unspecified atom stereocenters. The predicted octanol–water partition coefficient (Wildman–Crippen LogP) is 5.90. The van der Waals surface area contributed by atoms with Gasteiger partial charge in [0, 0.05) is 22.0 Å². The molecule has 0 fully saturated rings. The van der Waals surface area contributed by atoms with Gasteiger partial charge in [0.1, 0.15) is 10.7 Å². The fraction of sp³-hybridized carbons (Fsp3) is 0.115. The van der Waals surface area contributed by atoms with Gasteiger partial charge in [-0.05, 0) is 79.1 Å². The monoisotopic (exact) mass is 493 g/mol. The first-order valence-electron chi connectivity index (χ1n) is 10.6. The number of hydrogen-bond donors (Lipinski definition) is 2. The number of imide groups is 1. The van der Waals surface area contributed by atoms with Gasteiger partial charge in [0.05, 0.1) is 5.69 Å². The summed E-state index contributed by atoms with van der Waals surface area (Å²) in [6.45, 7) is 3.88. The number of nitrogens with zero attached hydrogens (tertiary/aromatic N) is 1. The first kappa shape index (κ1) is 23.5.